The quantitative estimate of drug-likeness (QED) is 0.443. The second kappa shape index (κ2) is 10.5. The van der Waals surface area contributed by atoms with Gasteiger partial charge in [-0.1, -0.05) is 43.8 Å². The van der Waals surface area contributed by atoms with Gasteiger partial charge in [0, 0.05) is 30.0 Å². The van der Waals surface area contributed by atoms with E-state index < -0.39 is 0 Å². The third kappa shape index (κ3) is 4.83. The number of aromatic nitrogens is 4. The Labute approximate surface area is 200 Å². The zero-order valence-electron chi connectivity index (χ0n) is 20.0. The average Bonchev–Trinajstić information content (AvgIpc) is 3.26. The van der Waals surface area contributed by atoms with Gasteiger partial charge in [0.15, 0.2) is 11.0 Å². The number of rotatable bonds is 7. The second-order valence-corrected chi connectivity index (χ2v) is 9.68. The molecule has 1 aliphatic rings. The average molecular weight is 464 g/mol. The lowest BCUT2D eigenvalue weighted by molar-refractivity contribution is -0.134. The summed E-state index contributed by atoms with van der Waals surface area (Å²) in [5.41, 5.74) is 4.52. The van der Waals surface area contributed by atoms with Crippen LogP contribution in [0.4, 0.5) is 0 Å². The van der Waals surface area contributed by atoms with Gasteiger partial charge in [-0.2, -0.15) is 0 Å². The first-order valence-corrected chi connectivity index (χ1v) is 12.9. The molecule has 33 heavy (non-hydrogen) atoms. The first-order chi connectivity index (χ1) is 16.0. The Kier molecular flexibility index (Phi) is 7.48. The van der Waals surface area contributed by atoms with Crippen LogP contribution in [-0.4, -0.2) is 48.4 Å². The van der Waals surface area contributed by atoms with Gasteiger partial charge in [-0.3, -0.25) is 14.3 Å². The normalized spacial score (nSPS) is 18.5. The van der Waals surface area contributed by atoms with E-state index in [4.69, 9.17) is 0 Å². The van der Waals surface area contributed by atoms with Crippen molar-refractivity contribution in [2.75, 3.05) is 5.75 Å². The summed E-state index contributed by atoms with van der Waals surface area (Å²) in [5, 5.41) is 9.86. The van der Waals surface area contributed by atoms with Crippen LogP contribution in [0.3, 0.4) is 0 Å². The number of likely N-dealkylation sites (tertiary alicyclic amines) is 1. The third-order valence-corrected chi connectivity index (χ3v) is 7.46. The van der Waals surface area contributed by atoms with E-state index in [1.54, 1.807) is 6.20 Å². The topological polar surface area (TPSA) is 63.9 Å². The minimum atomic E-state index is 0.177. The number of hydrogen-bond donors (Lipinski definition) is 0. The van der Waals surface area contributed by atoms with E-state index in [0.29, 0.717) is 5.75 Å². The van der Waals surface area contributed by atoms with Crippen molar-refractivity contribution in [1.82, 2.24) is 24.6 Å². The van der Waals surface area contributed by atoms with E-state index in [9.17, 15) is 4.79 Å². The molecule has 1 fully saturated rings. The van der Waals surface area contributed by atoms with Crippen LogP contribution >= 0.6 is 11.8 Å². The second-order valence-electron chi connectivity index (χ2n) is 8.73. The molecule has 0 N–H and O–H groups in total. The van der Waals surface area contributed by atoms with Crippen molar-refractivity contribution in [1.29, 1.82) is 0 Å². The molecule has 1 aliphatic heterocycles. The summed E-state index contributed by atoms with van der Waals surface area (Å²) in [7, 11) is 0. The summed E-state index contributed by atoms with van der Waals surface area (Å²) in [4.78, 5) is 19.6. The standard InChI is InChI=1S/C26H33N5OS/c1-5-20-12-8-13-21(6-2)24(20)31-25(22-14-9-15-27-16-22)28-29-26(31)33-17-23(32)30-18(3)10-7-11-19(30)4/h8-9,12-16,18-19H,5-7,10-11,17H2,1-4H3. The van der Waals surface area contributed by atoms with Gasteiger partial charge in [-0.15, -0.1) is 10.2 Å². The fraction of sp³-hybridized carbons (Fsp3) is 0.462. The molecule has 0 aliphatic carbocycles. The Bertz CT molecular complexity index is 1070. The van der Waals surface area contributed by atoms with Crippen LogP contribution in [0.1, 0.15) is 58.1 Å². The molecule has 6 nitrogen and oxygen atoms in total. The van der Waals surface area contributed by atoms with Gasteiger partial charge in [0.05, 0.1) is 11.4 Å². The lowest BCUT2D eigenvalue weighted by Crippen LogP contribution is -2.48. The van der Waals surface area contributed by atoms with Crippen LogP contribution in [0.2, 0.25) is 0 Å². The summed E-state index contributed by atoms with van der Waals surface area (Å²) in [6.45, 7) is 8.65. The van der Waals surface area contributed by atoms with Crippen molar-refractivity contribution in [2.24, 2.45) is 0 Å². The van der Waals surface area contributed by atoms with E-state index in [0.717, 1.165) is 47.9 Å². The molecule has 2 unspecified atom stereocenters. The highest BCUT2D eigenvalue weighted by molar-refractivity contribution is 7.99. The lowest BCUT2D eigenvalue weighted by Gasteiger charge is -2.39. The molecule has 0 radical (unpaired) electrons. The molecule has 7 heteroatoms. The summed E-state index contributed by atoms with van der Waals surface area (Å²) in [6, 6.07) is 10.9. The Morgan fingerprint density at radius 1 is 1.03 bits per heavy atom. The number of piperidine rings is 1. The maximum absolute atomic E-state index is 13.2. The van der Waals surface area contributed by atoms with Gasteiger partial charge in [0.2, 0.25) is 5.91 Å². The van der Waals surface area contributed by atoms with E-state index in [1.165, 1.54) is 29.3 Å². The van der Waals surface area contributed by atoms with Crippen molar-refractivity contribution in [3.8, 4) is 17.1 Å². The van der Waals surface area contributed by atoms with Crippen LogP contribution < -0.4 is 0 Å². The molecule has 0 spiro atoms. The molecular formula is C26H33N5OS. The predicted octanol–water partition coefficient (Wildman–Crippen LogP) is 5.34. The SMILES string of the molecule is CCc1cccc(CC)c1-n1c(SCC(=O)N2C(C)CCCC2C)nnc1-c1cccnc1. The maximum Gasteiger partial charge on any atom is 0.233 e. The van der Waals surface area contributed by atoms with Crippen molar-refractivity contribution in [3.05, 3.63) is 53.9 Å². The highest BCUT2D eigenvalue weighted by atomic mass is 32.2. The number of thioether (sulfide) groups is 1. The molecule has 0 saturated carbocycles. The third-order valence-electron chi connectivity index (χ3n) is 6.55. The highest BCUT2D eigenvalue weighted by Gasteiger charge is 2.29. The minimum absolute atomic E-state index is 0.177. The molecular weight excluding hydrogens is 430 g/mol. The van der Waals surface area contributed by atoms with E-state index in [-0.39, 0.29) is 18.0 Å². The fourth-order valence-corrected chi connectivity index (χ4v) is 5.67. The predicted molar refractivity (Wildman–Crippen MR) is 134 cm³/mol. The largest absolute Gasteiger partial charge is 0.337 e. The van der Waals surface area contributed by atoms with Crippen molar-refractivity contribution in [3.63, 3.8) is 0 Å². The zero-order chi connectivity index (χ0) is 23.4. The monoisotopic (exact) mass is 463 g/mol. The number of carbonyl (C=O) groups is 1. The van der Waals surface area contributed by atoms with Gasteiger partial charge in [-0.05, 0) is 69.2 Å². The van der Waals surface area contributed by atoms with Crippen molar-refractivity contribution >= 4 is 17.7 Å². The lowest BCUT2D eigenvalue weighted by atomic mass is 9.98. The van der Waals surface area contributed by atoms with E-state index >= 15 is 0 Å². The van der Waals surface area contributed by atoms with E-state index in [1.807, 2.05) is 18.3 Å². The van der Waals surface area contributed by atoms with Gasteiger partial charge in [-0.25, -0.2) is 0 Å². The molecule has 1 aromatic carbocycles. The summed E-state index contributed by atoms with van der Waals surface area (Å²) in [6.07, 6.45) is 8.72. The number of para-hydroxylation sites is 1. The Balaban J connectivity index is 1.73. The zero-order valence-corrected chi connectivity index (χ0v) is 20.8. The molecule has 1 amide bonds. The summed E-state index contributed by atoms with van der Waals surface area (Å²) in [5.74, 6) is 1.29. The number of pyridine rings is 1. The van der Waals surface area contributed by atoms with Crippen LogP contribution in [0, 0.1) is 0 Å². The molecule has 174 valence electrons. The van der Waals surface area contributed by atoms with Crippen molar-refractivity contribution in [2.45, 2.75) is 77.0 Å². The molecule has 1 saturated heterocycles. The van der Waals surface area contributed by atoms with Crippen LogP contribution in [0.5, 0.6) is 0 Å². The number of carbonyl (C=O) groups excluding carboxylic acids is 1. The van der Waals surface area contributed by atoms with Crippen molar-refractivity contribution < 1.29 is 4.79 Å². The fourth-order valence-electron chi connectivity index (χ4n) is 4.86. The molecule has 3 heterocycles. The number of aryl methyl sites for hydroxylation is 2. The number of hydrogen-bond acceptors (Lipinski definition) is 5. The summed E-state index contributed by atoms with van der Waals surface area (Å²) >= 11 is 1.48. The Morgan fingerprint density at radius 2 is 1.73 bits per heavy atom. The Hall–Kier alpha value is -2.67. The molecule has 3 aromatic rings. The number of amides is 1. The maximum atomic E-state index is 13.2. The Morgan fingerprint density at radius 3 is 2.33 bits per heavy atom. The minimum Gasteiger partial charge on any atom is -0.337 e. The summed E-state index contributed by atoms with van der Waals surface area (Å²) < 4.78 is 2.13. The number of nitrogens with zero attached hydrogens (tertiary/aromatic N) is 5. The molecule has 0 bridgehead atoms. The molecule has 2 aromatic heterocycles. The first kappa shape index (κ1) is 23.5. The first-order valence-electron chi connectivity index (χ1n) is 12.0. The smallest absolute Gasteiger partial charge is 0.233 e. The van der Waals surface area contributed by atoms with Gasteiger partial charge < -0.3 is 4.90 Å². The van der Waals surface area contributed by atoms with Crippen LogP contribution in [0.25, 0.3) is 17.1 Å². The van der Waals surface area contributed by atoms with Gasteiger partial charge in [0.1, 0.15) is 0 Å². The molecule has 2 atom stereocenters. The van der Waals surface area contributed by atoms with Gasteiger partial charge >= 0.3 is 0 Å². The molecule has 4 rings (SSSR count). The van der Waals surface area contributed by atoms with Gasteiger partial charge in [0.25, 0.3) is 0 Å². The van der Waals surface area contributed by atoms with E-state index in [2.05, 4.69) is 70.5 Å². The highest BCUT2D eigenvalue weighted by Crippen LogP contribution is 2.33. The van der Waals surface area contributed by atoms with Crippen LogP contribution in [-0.2, 0) is 17.6 Å². The van der Waals surface area contributed by atoms with Crippen LogP contribution in [0.15, 0.2) is 47.9 Å². The number of benzene rings is 1.